The molecule has 0 bridgehead atoms. The number of aliphatic hydroxyl groups excluding tert-OH is 1. The van der Waals surface area contributed by atoms with E-state index in [1.54, 1.807) is 18.3 Å². The molecule has 0 radical (unpaired) electrons. The van der Waals surface area contributed by atoms with Gasteiger partial charge in [-0.2, -0.15) is 13.2 Å². The molecule has 2 N–H and O–H groups in total. The van der Waals surface area contributed by atoms with Crippen molar-refractivity contribution in [2.75, 3.05) is 18.0 Å². The lowest BCUT2D eigenvalue weighted by Gasteiger charge is -2.38. The number of piperidine rings is 1. The average molecular weight is 422 g/mol. The molecule has 5 nitrogen and oxygen atoms in total. The van der Waals surface area contributed by atoms with Gasteiger partial charge < -0.3 is 15.0 Å². The Morgan fingerprint density at radius 3 is 2.83 bits per heavy atom. The Kier molecular flexibility index (Phi) is 5.44. The van der Waals surface area contributed by atoms with Crippen molar-refractivity contribution in [2.24, 2.45) is 11.8 Å². The molecule has 0 spiro atoms. The van der Waals surface area contributed by atoms with Crippen LogP contribution in [0.5, 0.6) is 0 Å². The van der Waals surface area contributed by atoms with Gasteiger partial charge in [0.1, 0.15) is 11.5 Å². The Morgan fingerprint density at radius 1 is 1.30 bits per heavy atom. The zero-order valence-corrected chi connectivity index (χ0v) is 16.9. The molecule has 1 unspecified atom stereocenters. The van der Waals surface area contributed by atoms with Crippen LogP contribution in [-0.4, -0.2) is 39.3 Å². The number of rotatable bonds is 4. The number of pyridine rings is 2. The maximum atomic E-state index is 13.8. The van der Waals surface area contributed by atoms with E-state index in [-0.39, 0.29) is 14.5 Å². The summed E-state index contributed by atoms with van der Waals surface area (Å²) in [6.07, 6.45) is -0.361. The number of hydrogen-bond acceptors (Lipinski definition) is 4. The summed E-state index contributed by atoms with van der Waals surface area (Å²) in [6, 6.07) is 5.97. The van der Waals surface area contributed by atoms with Gasteiger partial charge in [0, 0.05) is 45.2 Å². The number of fused-ring (bicyclic) bond motifs is 1. The minimum absolute atomic E-state index is 0. The third-order valence-corrected chi connectivity index (χ3v) is 5.68. The number of aliphatic hydroxyl groups is 1. The van der Waals surface area contributed by atoms with Crippen LogP contribution in [-0.2, 0) is 6.18 Å². The van der Waals surface area contributed by atoms with Gasteiger partial charge in [0.25, 0.3) is 0 Å². The van der Waals surface area contributed by atoms with Crippen molar-refractivity contribution in [3.05, 3.63) is 42.2 Å². The van der Waals surface area contributed by atoms with Gasteiger partial charge in [0.15, 0.2) is 0 Å². The van der Waals surface area contributed by atoms with E-state index < -0.39 is 17.8 Å². The summed E-state index contributed by atoms with van der Waals surface area (Å²) in [7, 11) is 0. The van der Waals surface area contributed by atoms with Gasteiger partial charge >= 0.3 is 6.18 Å². The average Bonchev–Trinajstić information content (AvgIpc) is 3.12. The third kappa shape index (κ3) is 4.01. The van der Waals surface area contributed by atoms with Crippen molar-refractivity contribution in [3.8, 4) is 11.3 Å². The Hall–Kier alpha value is -2.61. The fraction of sp³-hybridized carbons (Fsp3) is 0.455. The van der Waals surface area contributed by atoms with E-state index >= 15 is 0 Å². The minimum Gasteiger partial charge on any atom is -0.393 e. The van der Waals surface area contributed by atoms with Gasteiger partial charge in [0.05, 0.1) is 17.4 Å². The molecular formula is C22H29F3N4O. The van der Waals surface area contributed by atoms with E-state index in [0.717, 1.165) is 12.5 Å². The maximum absolute atomic E-state index is 13.8. The number of H-pyrrole nitrogens is 1. The molecule has 4 rings (SSSR count). The number of halogens is 3. The lowest BCUT2D eigenvalue weighted by molar-refractivity contribution is -0.137. The molecule has 3 aromatic rings. The SMILES string of the molecule is CC(C)C[C@@H]1CN(c2ccc(C(F)(F)F)c(-c3c[nH]c4ncccc34)n2)CCC1O.[HH].[HH]. The molecule has 0 amide bonds. The molecule has 1 saturated heterocycles. The van der Waals surface area contributed by atoms with E-state index in [4.69, 9.17) is 0 Å². The predicted molar refractivity (Wildman–Crippen MR) is 114 cm³/mol. The summed E-state index contributed by atoms with van der Waals surface area (Å²) in [4.78, 5) is 13.6. The summed E-state index contributed by atoms with van der Waals surface area (Å²) in [5.41, 5.74) is 0.0199. The standard InChI is InChI=1S/C22H25F3N4O.2H2/c1-13(2)10-14-12-29(9-7-18(14)30)19-6-5-17(22(23,24)25)20(28-19)16-11-27-21-15(16)4-3-8-26-21;;/h3-6,8,11,13-14,18,30H,7,9-10,12H2,1-2H3,(H,26,27);2*1H/t14-,18?;;/m1../s1. The first-order valence-electron chi connectivity index (χ1n) is 10.2. The predicted octanol–water partition coefficient (Wildman–Crippen LogP) is 5.37. The molecule has 164 valence electrons. The quantitative estimate of drug-likeness (QED) is 0.593. The van der Waals surface area contributed by atoms with E-state index in [1.165, 1.54) is 12.3 Å². The molecule has 30 heavy (non-hydrogen) atoms. The van der Waals surface area contributed by atoms with Crippen LogP contribution in [0, 0.1) is 11.8 Å². The first-order valence-corrected chi connectivity index (χ1v) is 10.2. The third-order valence-electron chi connectivity index (χ3n) is 5.68. The van der Waals surface area contributed by atoms with Crippen LogP contribution in [0.2, 0.25) is 0 Å². The fourth-order valence-electron chi connectivity index (χ4n) is 4.28. The Balaban J connectivity index is 0.00000181. The molecule has 0 aromatic carbocycles. The van der Waals surface area contributed by atoms with Gasteiger partial charge in [-0.3, -0.25) is 0 Å². The van der Waals surface area contributed by atoms with Crippen LogP contribution in [0.25, 0.3) is 22.3 Å². The van der Waals surface area contributed by atoms with Crippen LogP contribution in [0.15, 0.2) is 36.7 Å². The van der Waals surface area contributed by atoms with Crippen LogP contribution in [0.1, 0.15) is 35.1 Å². The van der Waals surface area contributed by atoms with Crippen LogP contribution < -0.4 is 4.90 Å². The molecule has 1 aliphatic heterocycles. The van der Waals surface area contributed by atoms with Crippen molar-refractivity contribution in [1.29, 1.82) is 0 Å². The topological polar surface area (TPSA) is 65.0 Å². The number of aromatic amines is 1. The first-order chi connectivity index (χ1) is 14.2. The van der Waals surface area contributed by atoms with Crippen molar-refractivity contribution in [1.82, 2.24) is 15.0 Å². The summed E-state index contributed by atoms with van der Waals surface area (Å²) >= 11 is 0. The number of hydrogen-bond donors (Lipinski definition) is 2. The number of aromatic nitrogens is 3. The molecule has 8 heteroatoms. The summed E-state index contributed by atoms with van der Waals surface area (Å²) in [5, 5.41) is 10.9. The smallest absolute Gasteiger partial charge is 0.393 e. The summed E-state index contributed by atoms with van der Waals surface area (Å²) in [5.74, 6) is 1.000. The van der Waals surface area contributed by atoms with Gasteiger partial charge in [-0.05, 0) is 43.0 Å². The number of anilines is 1. The second-order valence-corrected chi connectivity index (χ2v) is 8.36. The number of alkyl halides is 3. The van der Waals surface area contributed by atoms with E-state index in [2.05, 4.69) is 28.8 Å². The second kappa shape index (κ2) is 7.91. The maximum Gasteiger partial charge on any atom is 0.418 e. The van der Waals surface area contributed by atoms with Crippen molar-refractivity contribution in [2.45, 2.75) is 39.0 Å². The van der Waals surface area contributed by atoms with E-state index in [9.17, 15) is 18.3 Å². The van der Waals surface area contributed by atoms with Crippen LogP contribution in [0.3, 0.4) is 0 Å². The Bertz CT molecular complexity index is 1040. The lowest BCUT2D eigenvalue weighted by Crippen LogP contribution is -2.44. The zero-order valence-electron chi connectivity index (χ0n) is 16.9. The largest absolute Gasteiger partial charge is 0.418 e. The lowest BCUT2D eigenvalue weighted by atomic mass is 9.87. The highest BCUT2D eigenvalue weighted by molar-refractivity contribution is 5.93. The summed E-state index contributed by atoms with van der Waals surface area (Å²) < 4.78 is 41.3. The second-order valence-electron chi connectivity index (χ2n) is 8.36. The van der Waals surface area contributed by atoms with Crippen LogP contribution >= 0.6 is 0 Å². The monoisotopic (exact) mass is 422 g/mol. The van der Waals surface area contributed by atoms with Gasteiger partial charge in [-0.1, -0.05) is 13.8 Å². The molecule has 1 aliphatic rings. The minimum atomic E-state index is -4.52. The molecule has 4 heterocycles. The molecular weight excluding hydrogens is 393 g/mol. The molecule has 2 atom stereocenters. The van der Waals surface area contributed by atoms with Crippen LogP contribution in [0.4, 0.5) is 19.0 Å². The normalized spacial score (nSPS) is 20.3. The highest BCUT2D eigenvalue weighted by atomic mass is 19.4. The van der Waals surface area contributed by atoms with Crippen molar-refractivity contribution < 1.29 is 21.1 Å². The Labute approximate surface area is 175 Å². The van der Waals surface area contributed by atoms with Gasteiger partial charge in [-0.25, -0.2) is 9.97 Å². The van der Waals surface area contributed by atoms with Crippen molar-refractivity contribution in [3.63, 3.8) is 0 Å². The molecule has 1 fully saturated rings. The molecule has 0 aliphatic carbocycles. The highest BCUT2D eigenvalue weighted by Gasteiger charge is 2.36. The number of nitrogens with one attached hydrogen (secondary N) is 1. The van der Waals surface area contributed by atoms with Crippen molar-refractivity contribution >= 4 is 16.9 Å². The summed E-state index contributed by atoms with van der Waals surface area (Å²) in [6.45, 7) is 5.34. The fourth-order valence-corrected chi connectivity index (χ4v) is 4.28. The Morgan fingerprint density at radius 2 is 2.10 bits per heavy atom. The van der Waals surface area contributed by atoms with E-state index in [0.29, 0.717) is 47.8 Å². The number of nitrogens with zero attached hydrogens (tertiary/aromatic N) is 3. The molecule has 0 saturated carbocycles. The van der Waals surface area contributed by atoms with Gasteiger partial charge in [0.2, 0.25) is 0 Å². The van der Waals surface area contributed by atoms with Gasteiger partial charge in [-0.15, -0.1) is 0 Å². The highest BCUT2D eigenvalue weighted by Crippen LogP contribution is 2.40. The molecule has 3 aromatic heterocycles. The zero-order chi connectivity index (χ0) is 21.5. The first kappa shape index (κ1) is 20.7. The van der Waals surface area contributed by atoms with E-state index in [1.807, 2.05) is 4.90 Å².